The monoisotopic (exact) mass is 254 g/mol. The first kappa shape index (κ1) is 13.6. The Morgan fingerprint density at radius 1 is 0.895 bits per heavy atom. The number of para-hydroxylation sites is 1. The van der Waals surface area contributed by atoms with Crippen LogP contribution in [0.4, 0.5) is 11.4 Å². The first-order valence-electron chi connectivity index (χ1n) is 6.96. The summed E-state index contributed by atoms with van der Waals surface area (Å²) in [6, 6.07) is 19.1. The highest BCUT2D eigenvalue weighted by atomic mass is 15.1. The Labute approximate surface area is 115 Å². The molecule has 2 aromatic carbocycles. The fraction of sp³-hybridized carbons (Fsp3) is 0.294. The number of rotatable bonds is 6. The fourth-order valence-electron chi connectivity index (χ4n) is 2.14. The summed E-state index contributed by atoms with van der Waals surface area (Å²) in [5.74, 6) is 0. The van der Waals surface area contributed by atoms with Crippen molar-refractivity contribution in [3.63, 3.8) is 0 Å². The first-order valence-corrected chi connectivity index (χ1v) is 6.96. The second-order valence-electron chi connectivity index (χ2n) is 4.71. The van der Waals surface area contributed by atoms with E-state index in [1.807, 2.05) is 0 Å². The van der Waals surface area contributed by atoms with Crippen molar-refractivity contribution in [1.82, 2.24) is 0 Å². The maximum absolute atomic E-state index is 5.65. The Bertz CT molecular complexity index is 476. The Hall–Kier alpha value is -1.80. The second-order valence-corrected chi connectivity index (χ2v) is 4.71. The zero-order valence-electron chi connectivity index (χ0n) is 11.5. The van der Waals surface area contributed by atoms with Crippen LogP contribution < -0.4 is 10.6 Å². The summed E-state index contributed by atoms with van der Waals surface area (Å²) in [4.78, 5) is 2.36. The predicted molar refractivity (Wildman–Crippen MR) is 82.7 cm³/mol. The predicted octanol–water partition coefficient (Wildman–Crippen LogP) is 4.08. The molecule has 0 saturated heterocycles. The van der Waals surface area contributed by atoms with E-state index in [1.165, 1.54) is 29.8 Å². The van der Waals surface area contributed by atoms with Crippen LogP contribution in [0, 0.1) is 0 Å². The van der Waals surface area contributed by atoms with Gasteiger partial charge in [0.15, 0.2) is 0 Å². The minimum Gasteiger partial charge on any atom is -0.341 e. The zero-order valence-corrected chi connectivity index (χ0v) is 11.5. The summed E-state index contributed by atoms with van der Waals surface area (Å²) in [5, 5.41) is 0. The molecule has 2 N–H and O–H groups in total. The van der Waals surface area contributed by atoms with Crippen LogP contribution in [-0.4, -0.2) is 6.54 Å². The van der Waals surface area contributed by atoms with Crippen molar-refractivity contribution in [1.29, 1.82) is 0 Å². The van der Waals surface area contributed by atoms with E-state index in [1.54, 1.807) is 0 Å². The largest absolute Gasteiger partial charge is 0.341 e. The number of hydrogen-bond acceptors (Lipinski definition) is 2. The van der Waals surface area contributed by atoms with Gasteiger partial charge in [0.25, 0.3) is 0 Å². The second kappa shape index (κ2) is 6.95. The summed E-state index contributed by atoms with van der Waals surface area (Å²) in [6.45, 7) is 3.86. The van der Waals surface area contributed by atoms with Gasteiger partial charge in [-0.1, -0.05) is 43.7 Å². The van der Waals surface area contributed by atoms with E-state index >= 15 is 0 Å². The van der Waals surface area contributed by atoms with Crippen molar-refractivity contribution >= 4 is 11.4 Å². The van der Waals surface area contributed by atoms with E-state index in [0.717, 1.165) is 6.54 Å². The number of anilines is 2. The van der Waals surface area contributed by atoms with Crippen LogP contribution in [0.3, 0.4) is 0 Å². The van der Waals surface area contributed by atoms with Gasteiger partial charge in [0, 0.05) is 24.5 Å². The Morgan fingerprint density at radius 3 is 2.11 bits per heavy atom. The molecule has 2 rings (SSSR count). The molecule has 0 amide bonds. The van der Waals surface area contributed by atoms with Gasteiger partial charge in [-0.05, 0) is 36.2 Å². The number of nitrogens with zero attached hydrogens (tertiary/aromatic N) is 1. The van der Waals surface area contributed by atoms with Crippen LogP contribution in [0.5, 0.6) is 0 Å². The molecule has 0 heterocycles. The van der Waals surface area contributed by atoms with E-state index < -0.39 is 0 Å². The minimum atomic E-state index is 0.598. The molecule has 0 bridgehead atoms. The molecule has 2 heteroatoms. The fourth-order valence-corrected chi connectivity index (χ4v) is 2.14. The van der Waals surface area contributed by atoms with E-state index in [-0.39, 0.29) is 0 Å². The molecule has 0 radical (unpaired) electrons. The quantitative estimate of drug-likeness (QED) is 0.841. The van der Waals surface area contributed by atoms with E-state index in [9.17, 15) is 0 Å². The third-order valence-electron chi connectivity index (χ3n) is 3.29. The average Bonchev–Trinajstić information content (AvgIpc) is 2.49. The van der Waals surface area contributed by atoms with Gasteiger partial charge < -0.3 is 10.6 Å². The van der Waals surface area contributed by atoms with E-state index in [2.05, 4.69) is 66.4 Å². The van der Waals surface area contributed by atoms with Gasteiger partial charge >= 0.3 is 0 Å². The van der Waals surface area contributed by atoms with Crippen LogP contribution in [0.15, 0.2) is 54.6 Å². The highest BCUT2D eigenvalue weighted by molar-refractivity contribution is 5.63. The molecule has 0 aliphatic carbocycles. The smallest absolute Gasteiger partial charge is 0.0410 e. The molecule has 19 heavy (non-hydrogen) atoms. The van der Waals surface area contributed by atoms with Gasteiger partial charge in [-0.2, -0.15) is 0 Å². The number of unbranched alkanes of at least 4 members (excludes halogenated alkanes) is 1. The standard InChI is InChI=1S/C17H22N2/c1-2-3-13-19(16-7-5-4-6-8-16)17-11-9-15(14-18)10-12-17/h4-12H,2-3,13-14,18H2,1H3. The summed E-state index contributed by atoms with van der Waals surface area (Å²) in [5.41, 5.74) is 9.31. The lowest BCUT2D eigenvalue weighted by molar-refractivity contribution is 0.785. The van der Waals surface area contributed by atoms with Crippen molar-refractivity contribution in [2.24, 2.45) is 5.73 Å². The average molecular weight is 254 g/mol. The highest BCUT2D eigenvalue weighted by Crippen LogP contribution is 2.25. The lowest BCUT2D eigenvalue weighted by Gasteiger charge is -2.25. The Kier molecular flexibility index (Phi) is 4.99. The molecule has 0 spiro atoms. The SMILES string of the molecule is CCCCN(c1ccccc1)c1ccc(CN)cc1. The Balaban J connectivity index is 2.26. The van der Waals surface area contributed by atoms with Gasteiger partial charge in [-0.25, -0.2) is 0 Å². The molecule has 0 saturated carbocycles. The summed E-state index contributed by atoms with van der Waals surface area (Å²) in [6.07, 6.45) is 2.39. The van der Waals surface area contributed by atoms with Gasteiger partial charge in [-0.15, -0.1) is 0 Å². The van der Waals surface area contributed by atoms with Crippen molar-refractivity contribution in [2.75, 3.05) is 11.4 Å². The van der Waals surface area contributed by atoms with Crippen LogP contribution in [0.2, 0.25) is 0 Å². The van der Waals surface area contributed by atoms with Crippen LogP contribution in [0.25, 0.3) is 0 Å². The lowest BCUT2D eigenvalue weighted by atomic mass is 10.1. The first-order chi connectivity index (χ1) is 9.35. The van der Waals surface area contributed by atoms with Crippen LogP contribution in [0.1, 0.15) is 25.3 Å². The molecule has 0 fully saturated rings. The summed E-state index contributed by atoms with van der Waals surface area (Å²) in [7, 11) is 0. The number of hydrogen-bond donors (Lipinski definition) is 1. The molecule has 0 unspecified atom stereocenters. The van der Waals surface area contributed by atoms with Gasteiger partial charge in [0.05, 0.1) is 0 Å². The highest BCUT2D eigenvalue weighted by Gasteiger charge is 2.08. The van der Waals surface area contributed by atoms with Gasteiger partial charge in [0.1, 0.15) is 0 Å². The van der Waals surface area contributed by atoms with Crippen molar-refractivity contribution in [3.8, 4) is 0 Å². The number of benzene rings is 2. The lowest BCUT2D eigenvalue weighted by Crippen LogP contribution is -2.18. The van der Waals surface area contributed by atoms with E-state index in [4.69, 9.17) is 5.73 Å². The van der Waals surface area contributed by atoms with Gasteiger partial charge in [-0.3, -0.25) is 0 Å². The topological polar surface area (TPSA) is 29.3 Å². The molecule has 0 aliphatic rings. The molecule has 2 aromatic rings. The normalized spacial score (nSPS) is 10.4. The maximum Gasteiger partial charge on any atom is 0.0410 e. The molecular formula is C17H22N2. The molecular weight excluding hydrogens is 232 g/mol. The molecule has 0 atom stereocenters. The molecule has 2 nitrogen and oxygen atoms in total. The third kappa shape index (κ3) is 3.58. The van der Waals surface area contributed by atoms with Crippen LogP contribution in [-0.2, 0) is 6.54 Å². The van der Waals surface area contributed by atoms with Gasteiger partial charge in [0.2, 0.25) is 0 Å². The number of nitrogens with two attached hydrogens (primary N) is 1. The van der Waals surface area contributed by atoms with Crippen molar-refractivity contribution in [3.05, 3.63) is 60.2 Å². The Morgan fingerprint density at radius 2 is 1.53 bits per heavy atom. The summed E-state index contributed by atoms with van der Waals surface area (Å²) >= 11 is 0. The molecule has 100 valence electrons. The third-order valence-corrected chi connectivity index (χ3v) is 3.29. The zero-order chi connectivity index (χ0) is 13.5. The van der Waals surface area contributed by atoms with Crippen molar-refractivity contribution in [2.45, 2.75) is 26.3 Å². The minimum absolute atomic E-state index is 0.598. The molecule has 0 aliphatic heterocycles. The van der Waals surface area contributed by atoms with E-state index in [0.29, 0.717) is 6.54 Å². The summed E-state index contributed by atoms with van der Waals surface area (Å²) < 4.78 is 0. The van der Waals surface area contributed by atoms with Crippen LogP contribution >= 0.6 is 0 Å². The van der Waals surface area contributed by atoms with Crippen molar-refractivity contribution < 1.29 is 0 Å². The maximum atomic E-state index is 5.65. The molecule has 0 aromatic heterocycles.